The van der Waals surface area contributed by atoms with Crippen LogP contribution >= 0.6 is 11.8 Å². The molecule has 0 aromatic heterocycles. The van der Waals surface area contributed by atoms with Gasteiger partial charge in [0.25, 0.3) is 0 Å². The number of carbonyl (C=O) groups excluding carboxylic acids is 1. The zero-order valence-electron chi connectivity index (χ0n) is 15.3. The van der Waals surface area contributed by atoms with Gasteiger partial charge in [-0.25, -0.2) is 4.79 Å². The number of carbonyl (C=O) groups is 1. The van der Waals surface area contributed by atoms with E-state index in [1.54, 1.807) is 24.3 Å². The second kappa shape index (κ2) is 8.89. The minimum Gasteiger partial charge on any atom is -0.455 e. The lowest BCUT2D eigenvalue weighted by molar-refractivity contribution is -0.178. The lowest BCUT2D eigenvalue weighted by atomic mass is 9.91. The van der Waals surface area contributed by atoms with E-state index in [2.05, 4.69) is 0 Å². The fourth-order valence-corrected chi connectivity index (χ4v) is 4.23. The van der Waals surface area contributed by atoms with Crippen molar-refractivity contribution in [1.82, 2.24) is 0 Å². The number of thioether (sulfide) groups is 1. The van der Waals surface area contributed by atoms with Gasteiger partial charge in [-0.15, -0.1) is 0 Å². The predicted molar refractivity (Wildman–Crippen MR) is 104 cm³/mol. The third-order valence-corrected chi connectivity index (χ3v) is 5.88. The van der Waals surface area contributed by atoms with Gasteiger partial charge in [0.15, 0.2) is 0 Å². The van der Waals surface area contributed by atoms with Gasteiger partial charge in [0.1, 0.15) is 17.6 Å². The van der Waals surface area contributed by atoms with Gasteiger partial charge in [-0.05, 0) is 31.2 Å². The molecule has 1 aliphatic rings. The number of esters is 1. The number of aliphatic hydroxyl groups excluding tert-OH is 2. The first-order valence-corrected chi connectivity index (χ1v) is 9.81. The molecule has 5 atom stereocenters. The molecule has 27 heavy (non-hydrogen) atoms. The van der Waals surface area contributed by atoms with Gasteiger partial charge in [-0.1, -0.05) is 54.6 Å². The Morgan fingerprint density at radius 1 is 1.15 bits per heavy atom. The van der Waals surface area contributed by atoms with E-state index in [1.807, 2.05) is 44.2 Å². The molecule has 0 saturated carbocycles. The summed E-state index contributed by atoms with van der Waals surface area (Å²) in [5.74, 6) is -0.841. The summed E-state index contributed by atoms with van der Waals surface area (Å²) in [6.07, 6.45) is -2.28. The summed E-state index contributed by atoms with van der Waals surface area (Å²) in [5.41, 5.74) is 1.06. The average molecular weight is 388 g/mol. The molecule has 0 bridgehead atoms. The quantitative estimate of drug-likeness (QED) is 0.767. The van der Waals surface area contributed by atoms with E-state index in [9.17, 15) is 15.0 Å². The molecule has 144 valence electrons. The Kier molecular flexibility index (Phi) is 6.55. The van der Waals surface area contributed by atoms with Crippen molar-refractivity contribution in [1.29, 1.82) is 0 Å². The molecule has 2 N–H and O–H groups in total. The van der Waals surface area contributed by atoms with Crippen LogP contribution in [0.15, 0.2) is 59.5 Å². The molecular formula is C21H24O5S. The van der Waals surface area contributed by atoms with Crippen LogP contribution in [0.2, 0.25) is 0 Å². The Morgan fingerprint density at radius 2 is 1.81 bits per heavy atom. The van der Waals surface area contributed by atoms with Crippen molar-refractivity contribution >= 4 is 17.7 Å². The van der Waals surface area contributed by atoms with Crippen LogP contribution < -0.4 is 0 Å². The normalized spacial score (nSPS) is 27.9. The molecule has 3 rings (SSSR count). The third-order valence-electron chi connectivity index (χ3n) is 4.72. The maximum absolute atomic E-state index is 12.5. The van der Waals surface area contributed by atoms with Crippen molar-refractivity contribution < 1.29 is 24.5 Å². The molecule has 5 nitrogen and oxygen atoms in total. The van der Waals surface area contributed by atoms with Crippen molar-refractivity contribution in [2.45, 2.75) is 42.5 Å². The molecule has 0 amide bonds. The van der Waals surface area contributed by atoms with Gasteiger partial charge in [0, 0.05) is 10.8 Å². The molecule has 1 heterocycles. The minimum atomic E-state index is -0.918. The molecule has 2 aromatic rings. The van der Waals surface area contributed by atoms with Gasteiger partial charge >= 0.3 is 5.97 Å². The highest BCUT2D eigenvalue weighted by atomic mass is 32.2. The molecule has 0 radical (unpaired) electrons. The highest BCUT2D eigenvalue weighted by Crippen LogP contribution is 2.37. The van der Waals surface area contributed by atoms with Gasteiger partial charge in [0.05, 0.1) is 18.3 Å². The molecule has 1 fully saturated rings. The summed E-state index contributed by atoms with van der Waals surface area (Å²) in [7, 11) is 0. The molecule has 2 unspecified atom stereocenters. The summed E-state index contributed by atoms with van der Waals surface area (Å²) in [6, 6.07) is 16.7. The zero-order valence-corrected chi connectivity index (χ0v) is 16.1. The number of benzene rings is 2. The Hall–Kier alpha value is -1.86. The van der Waals surface area contributed by atoms with Gasteiger partial charge in [-0.2, -0.15) is 0 Å². The van der Waals surface area contributed by atoms with Crippen molar-refractivity contribution in [3.63, 3.8) is 0 Å². The number of rotatable bonds is 5. The summed E-state index contributed by atoms with van der Waals surface area (Å²) in [6.45, 7) is 3.52. The van der Waals surface area contributed by atoms with Gasteiger partial charge in [0.2, 0.25) is 0 Å². The summed E-state index contributed by atoms with van der Waals surface area (Å²) in [4.78, 5) is 13.5. The van der Waals surface area contributed by atoms with E-state index in [4.69, 9.17) is 9.47 Å². The Bertz CT molecular complexity index is 749. The maximum atomic E-state index is 12.5. The minimum absolute atomic E-state index is 0.296. The van der Waals surface area contributed by atoms with E-state index in [0.717, 1.165) is 10.5 Å². The highest BCUT2D eigenvalue weighted by Gasteiger charge is 2.45. The summed E-state index contributed by atoms with van der Waals surface area (Å²) >= 11 is 1.42. The Balaban J connectivity index is 1.81. The number of hydrogen-bond acceptors (Lipinski definition) is 6. The fourth-order valence-electron chi connectivity index (χ4n) is 3.04. The molecule has 2 aromatic carbocycles. The SMILES string of the molecule is Cc1ccc(S[C@H]2OC(CO)[C@@H](O)[C@H](C)C2OC(=O)c2ccccc2)cc1. The maximum Gasteiger partial charge on any atom is 0.338 e. The van der Waals surface area contributed by atoms with Gasteiger partial charge < -0.3 is 19.7 Å². The smallest absolute Gasteiger partial charge is 0.338 e. The molecule has 0 spiro atoms. The second-order valence-corrected chi connectivity index (χ2v) is 7.91. The standard InChI is InChI=1S/C21H24O5S/c1-13-8-10-16(11-9-13)27-21-19(14(2)18(23)17(12-22)25-21)26-20(24)15-6-4-3-5-7-15/h3-11,14,17-19,21-23H,12H2,1-2H3/t14-,17?,18-,19?,21+/m0/s1. The molecule has 6 heteroatoms. The van der Waals surface area contributed by atoms with Crippen LogP contribution in [0, 0.1) is 12.8 Å². The highest BCUT2D eigenvalue weighted by molar-refractivity contribution is 7.99. The zero-order chi connectivity index (χ0) is 19.4. The van der Waals surface area contributed by atoms with E-state index in [0.29, 0.717) is 5.56 Å². The monoisotopic (exact) mass is 388 g/mol. The van der Waals surface area contributed by atoms with Crippen LogP contribution in [0.25, 0.3) is 0 Å². The van der Waals surface area contributed by atoms with Crippen LogP contribution in [0.1, 0.15) is 22.8 Å². The number of hydrogen-bond donors (Lipinski definition) is 2. The van der Waals surface area contributed by atoms with E-state index in [-0.39, 0.29) is 12.5 Å². The largest absolute Gasteiger partial charge is 0.455 e. The Labute approximate surface area is 163 Å². The number of ether oxygens (including phenoxy) is 2. The second-order valence-electron chi connectivity index (χ2n) is 6.74. The first kappa shape index (κ1) is 19.9. The van der Waals surface area contributed by atoms with Crippen molar-refractivity contribution in [2.24, 2.45) is 5.92 Å². The van der Waals surface area contributed by atoms with E-state index in [1.165, 1.54) is 11.8 Å². The lowest BCUT2D eigenvalue weighted by Gasteiger charge is -2.42. The van der Waals surface area contributed by atoms with Gasteiger partial charge in [-0.3, -0.25) is 0 Å². The predicted octanol–water partition coefficient (Wildman–Crippen LogP) is 3.03. The van der Waals surface area contributed by atoms with Crippen molar-refractivity contribution in [3.05, 3.63) is 65.7 Å². The summed E-state index contributed by atoms with van der Waals surface area (Å²) < 4.78 is 11.6. The van der Waals surface area contributed by atoms with Crippen LogP contribution in [0.3, 0.4) is 0 Å². The first-order valence-electron chi connectivity index (χ1n) is 8.93. The number of aryl methyl sites for hydroxylation is 1. The van der Waals surface area contributed by atoms with Crippen LogP contribution in [-0.4, -0.2) is 46.5 Å². The van der Waals surface area contributed by atoms with Crippen molar-refractivity contribution in [3.8, 4) is 0 Å². The summed E-state index contributed by atoms with van der Waals surface area (Å²) in [5, 5.41) is 20.0. The first-order chi connectivity index (χ1) is 13.0. The fraction of sp³-hybridized carbons (Fsp3) is 0.381. The Morgan fingerprint density at radius 3 is 2.44 bits per heavy atom. The van der Waals surface area contributed by atoms with Crippen molar-refractivity contribution in [2.75, 3.05) is 6.61 Å². The molecule has 1 saturated heterocycles. The molecule has 0 aliphatic carbocycles. The average Bonchev–Trinajstić information content (AvgIpc) is 2.69. The van der Waals surface area contributed by atoms with E-state index < -0.39 is 29.7 Å². The lowest BCUT2D eigenvalue weighted by Crippen LogP contribution is -2.54. The van der Waals surface area contributed by atoms with E-state index >= 15 is 0 Å². The van der Waals surface area contributed by atoms with Crippen LogP contribution in [-0.2, 0) is 9.47 Å². The van der Waals surface area contributed by atoms with Crippen LogP contribution in [0.4, 0.5) is 0 Å². The molecule has 1 aliphatic heterocycles. The number of aliphatic hydroxyl groups is 2. The van der Waals surface area contributed by atoms with Crippen LogP contribution in [0.5, 0.6) is 0 Å². The third kappa shape index (κ3) is 4.71. The topological polar surface area (TPSA) is 76.0 Å². The molecular weight excluding hydrogens is 364 g/mol.